The summed E-state index contributed by atoms with van der Waals surface area (Å²) in [6.45, 7) is 3.88. The quantitative estimate of drug-likeness (QED) is 0.391. The number of carbonyl (C=O) groups excluding carboxylic acids is 1. The molecule has 3 rings (SSSR count). The first-order valence-corrected chi connectivity index (χ1v) is 9.36. The molecule has 0 bridgehead atoms. The van der Waals surface area contributed by atoms with E-state index in [4.69, 9.17) is 9.47 Å². The van der Waals surface area contributed by atoms with Gasteiger partial charge in [0, 0.05) is 16.5 Å². The van der Waals surface area contributed by atoms with E-state index in [1.807, 2.05) is 6.92 Å². The van der Waals surface area contributed by atoms with Gasteiger partial charge in [-0.05, 0) is 55.8 Å². The van der Waals surface area contributed by atoms with Crippen LogP contribution in [0.3, 0.4) is 0 Å². The van der Waals surface area contributed by atoms with Crippen molar-refractivity contribution in [3.05, 3.63) is 59.4 Å². The summed E-state index contributed by atoms with van der Waals surface area (Å²) < 4.78 is 48.8. The maximum absolute atomic E-state index is 12.7. The van der Waals surface area contributed by atoms with Crippen LogP contribution in [0.1, 0.15) is 41.5 Å². The highest BCUT2D eigenvalue weighted by Gasteiger charge is 2.30. The van der Waals surface area contributed by atoms with E-state index in [1.165, 1.54) is 12.1 Å². The molecule has 5 nitrogen and oxygen atoms in total. The molecule has 1 aromatic heterocycles. The van der Waals surface area contributed by atoms with Crippen LogP contribution in [0, 0.1) is 6.92 Å². The average Bonchev–Trinajstić information content (AvgIpc) is 2.70. The van der Waals surface area contributed by atoms with Crippen LogP contribution < -0.4 is 4.74 Å². The van der Waals surface area contributed by atoms with E-state index in [1.54, 1.807) is 25.1 Å². The van der Waals surface area contributed by atoms with Crippen molar-refractivity contribution in [2.75, 3.05) is 6.61 Å². The molecule has 0 radical (unpaired) electrons. The summed E-state index contributed by atoms with van der Waals surface area (Å²) in [6.07, 6.45) is -2.84. The van der Waals surface area contributed by atoms with E-state index in [2.05, 4.69) is 4.98 Å². The Morgan fingerprint density at radius 1 is 1.07 bits per heavy atom. The van der Waals surface area contributed by atoms with Gasteiger partial charge >= 0.3 is 12.1 Å². The number of fused-ring (bicyclic) bond motifs is 1. The second-order valence-corrected chi connectivity index (χ2v) is 6.72. The number of hydrogen-bond acceptors (Lipinski definition) is 5. The van der Waals surface area contributed by atoms with Gasteiger partial charge in [0.05, 0.1) is 12.2 Å². The number of aryl methyl sites for hydroxylation is 1. The Morgan fingerprint density at radius 3 is 2.37 bits per heavy atom. The molecule has 0 spiro atoms. The third-order valence-corrected chi connectivity index (χ3v) is 4.48. The molecule has 0 atom stereocenters. The lowest BCUT2D eigenvalue weighted by molar-refractivity contribution is -0.137. The Hall–Kier alpha value is -3.29. The fraction of sp³-hybridized carbons (Fsp3) is 0.273. The van der Waals surface area contributed by atoms with Gasteiger partial charge in [0.2, 0.25) is 0 Å². The summed E-state index contributed by atoms with van der Waals surface area (Å²) in [5.74, 6) is -0.410. The third kappa shape index (κ3) is 4.64. The number of carbonyl (C=O) groups is 1. The van der Waals surface area contributed by atoms with Gasteiger partial charge in [-0.25, -0.2) is 9.78 Å². The maximum Gasteiger partial charge on any atom is 0.416 e. The Bertz CT molecular complexity index is 1060. The molecule has 3 aromatic rings. The highest BCUT2D eigenvalue weighted by molar-refractivity contribution is 6.00. The summed E-state index contributed by atoms with van der Waals surface area (Å²) in [4.78, 5) is 16.4. The smallest absolute Gasteiger partial charge is 0.416 e. The fourth-order valence-corrected chi connectivity index (χ4v) is 2.87. The zero-order valence-corrected chi connectivity index (χ0v) is 16.4. The highest BCUT2D eigenvalue weighted by atomic mass is 19.4. The Balaban J connectivity index is 1.87. The molecule has 8 heteroatoms. The number of alkyl halides is 3. The predicted octanol–water partition coefficient (Wildman–Crippen LogP) is 6.02. The molecular formula is C22H20F3NO4. The minimum absolute atomic E-state index is 0.160. The van der Waals surface area contributed by atoms with E-state index in [0.717, 1.165) is 18.6 Å². The molecule has 1 N–H and O–H groups in total. The zero-order valence-electron chi connectivity index (χ0n) is 16.4. The van der Waals surface area contributed by atoms with Crippen LogP contribution in [0.15, 0.2) is 42.5 Å². The largest absolute Gasteiger partial charge is 0.505 e. The number of esters is 1. The summed E-state index contributed by atoms with van der Waals surface area (Å²) in [7, 11) is 0. The molecule has 0 fully saturated rings. The molecule has 0 saturated carbocycles. The van der Waals surface area contributed by atoms with Crippen molar-refractivity contribution in [1.29, 1.82) is 0 Å². The lowest BCUT2D eigenvalue weighted by Gasteiger charge is -2.12. The molecule has 158 valence electrons. The molecule has 0 unspecified atom stereocenters. The zero-order chi connectivity index (χ0) is 21.9. The van der Waals surface area contributed by atoms with Gasteiger partial charge in [-0.2, -0.15) is 13.2 Å². The first kappa shape index (κ1) is 21.4. The lowest BCUT2D eigenvalue weighted by atomic mass is 10.1. The number of halogens is 3. The van der Waals surface area contributed by atoms with Crippen molar-refractivity contribution in [2.24, 2.45) is 0 Å². The van der Waals surface area contributed by atoms with Crippen molar-refractivity contribution < 1.29 is 32.5 Å². The second kappa shape index (κ2) is 8.61. The minimum Gasteiger partial charge on any atom is -0.505 e. The van der Waals surface area contributed by atoms with Crippen LogP contribution in [-0.2, 0) is 10.9 Å². The predicted molar refractivity (Wildman–Crippen MR) is 105 cm³/mol. The number of nitrogens with zero attached hydrogens (tertiary/aromatic N) is 1. The first-order chi connectivity index (χ1) is 14.2. The Kier molecular flexibility index (Phi) is 6.14. The fourth-order valence-electron chi connectivity index (χ4n) is 2.87. The molecule has 0 saturated heterocycles. The average molecular weight is 419 g/mol. The van der Waals surface area contributed by atoms with E-state index in [-0.39, 0.29) is 23.8 Å². The topological polar surface area (TPSA) is 68.7 Å². The van der Waals surface area contributed by atoms with E-state index in [9.17, 15) is 23.1 Å². The molecule has 30 heavy (non-hydrogen) atoms. The van der Waals surface area contributed by atoms with Crippen molar-refractivity contribution in [2.45, 2.75) is 32.9 Å². The number of unbranched alkanes of at least 4 members (excludes halogenated alkanes) is 1. The standard InChI is InChI=1S/C22H20F3NO4/c1-3-4-11-29-21(28)19-20(27)17-10-9-16(12-18(17)13(2)26-19)30-15-7-5-14(6-8-15)22(23,24)25/h5-10,12,27H,3-4,11H2,1-2H3. The Morgan fingerprint density at radius 2 is 1.73 bits per heavy atom. The van der Waals surface area contributed by atoms with Crippen molar-refractivity contribution >= 4 is 16.7 Å². The first-order valence-electron chi connectivity index (χ1n) is 9.36. The van der Waals surface area contributed by atoms with Crippen molar-refractivity contribution in [3.8, 4) is 17.2 Å². The number of aromatic nitrogens is 1. The summed E-state index contributed by atoms with van der Waals surface area (Å²) >= 11 is 0. The number of aromatic hydroxyl groups is 1. The number of rotatable bonds is 6. The van der Waals surface area contributed by atoms with Crippen molar-refractivity contribution in [1.82, 2.24) is 4.98 Å². The Labute approximate surface area is 171 Å². The van der Waals surface area contributed by atoms with E-state index < -0.39 is 17.7 Å². The van der Waals surface area contributed by atoms with Gasteiger partial charge < -0.3 is 14.6 Å². The van der Waals surface area contributed by atoms with Crippen molar-refractivity contribution in [3.63, 3.8) is 0 Å². The lowest BCUT2D eigenvalue weighted by Crippen LogP contribution is -2.10. The molecule has 0 amide bonds. The third-order valence-electron chi connectivity index (χ3n) is 4.48. The van der Waals surface area contributed by atoms with Crippen LogP contribution in [-0.4, -0.2) is 22.7 Å². The molecule has 0 aliphatic rings. The summed E-state index contributed by atoms with van der Waals surface area (Å²) in [5, 5.41) is 11.4. The molecule has 0 aliphatic heterocycles. The summed E-state index contributed by atoms with van der Waals surface area (Å²) in [5.41, 5.74) is -0.452. The van der Waals surface area contributed by atoms with Gasteiger partial charge in [0.1, 0.15) is 11.5 Å². The van der Waals surface area contributed by atoms with Crippen LogP contribution in [0.5, 0.6) is 17.2 Å². The maximum atomic E-state index is 12.7. The molecular weight excluding hydrogens is 399 g/mol. The van der Waals surface area contributed by atoms with Gasteiger partial charge in [-0.15, -0.1) is 0 Å². The van der Waals surface area contributed by atoms with Gasteiger partial charge in [-0.3, -0.25) is 0 Å². The van der Waals surface area contributed by atoms with Crippen LogP contribution in [0.25, 0.3) is 10.8 Å². The highest BCUT2D eigenvalue weighted by Crippen LogP contribution is 2.35. The monoisotopic (exact) mass is 419 g/mol. The van der Waals surface area contributed by atoms with Crippen LogP contribution in [0.4, 0.5) is 13.2 Å². The normalized spacial score (nSPS) is 11.5. The minimum atomic E-state index is -4.42. The van der Waals surface area contributed by atoms with Crippen LogP contribution in [0.2, 0.25) is 0 Å². The van der Waals surface area contributed by atoms with Gasteiger partial charge in [-0.1, -0.05) is 13.3 Å². The van der Waals surface area contributed by atoms with Crippen LogP contribution >= 0.6 is 0 Å². The number of pyridine rings is 1. The molecule has 1 heterocycles. The summed E-state index contributed by atoms with van der Waals surface area (Å²) in [6, 6.07) is 9.03. The number of benzene rings is 2. The second-order valence-electron chi connectivity index (χ2n) is 6.72. The van der Waals surface area contributed by atoms with Gasteiger partial charge in [0.15, 0.2) is 11.4 Å². The van der Waals surface area contributed by atoms with E-state index >= 15 is 0 Å². The SMILES string of the molecule is CCCCOC(=O)c1nc(C)c2cc(Oc3ccc(C(F)(F)F)cc3)ccc2c1O. The molecule has 2 aromatic carbocycles. The van der Waals surface area contributed by atoms with E-state index in [0.29, 0.717) is 28.6 Å². The number of hydrogen-bond donors (Lipinski definition) is 1. The van der Waals surface area contributed by atoms with Gasteiger partial charge in [0.25, 0.3) is 0 Å². The number of ether oxygens (including phenoxy) is 2. The molecule has 0 aliphatic carbocycles.